The first-order valence-corrected chi connectivity index (χ1v) is 6.21. The molecule has 1 heterocycles. The van der Waals surface area contributed by atoms with Crippen molar-refractivity contribution < 1.29 is 19.6 Å². The normalized spacial score (nSPS) is 14.8. The summed E-state index contributed by atoms with van der Waals surface area (Å²) >= 11 is 5.76. The number of amides is 1. The first-order valence-electron chi connectivity index (χ1n) is 5.83. The molecule has 8 heteroatoms. The van der Waals surface area contributed by atoms with Crippen LogP contribution in [0.1, 0.15) is 16.8 Å². The Labute approximate surface area is 118 Å². The molecular formula is C12H11ClN2O5. The third-order valence-corrected chi connectivity index (χ3v) is 3.33. The fraction of sp³-hybridized carbons (Fsp3) is 0.333. The van der Waals surface area contributed by atoms with E-state index in [1.165, 1.54) is 23.1 Å². The fourth-order valence-corrected chi connectivity index (χ4v) is 2.29. The number of hydrogen-bond acceptors (Lipinski definition) is 4. The highest BCUT2D eigenvalue weighted by Crippen LogP contribution is 2.28. The van der Waals surface area contributed by atoms with Gasteiger partial charge in [0, 0.05) is 30.1 Å². The lowest BCUT2D eigenvalue weighted by Crippen LogP contribution is -2.50. The van der Waals surface area contributed by atoms with Gasteiger partial charge in [0.2, 0.25) is 0 Å². The van der Waals surface area contributed by atoms with Gasteiger partial charge < -0.3 is 10.0 Å². The molecule has 20 heavy (non-hydrogen) atoms. The zero-order chi connectivity index (χ0) is 14.9. The van der Waals surface area contributed by atoms with Crippen molar-refractivity contribution in [3.63, 3.8) is 0 Å². The molecule has 0 aliphatic carbocycles. The minimum absolute atomic E-state index is 0.0125. The number of nitrogens with zero attached hydrogens (tertiary/aromatic N) is 2. The van der Waals surface area contributed by atoms with Gasteiger partial charge in [-0.05, 0) is 12.1 Å². The number of aliphatic carboxylic acids is 1. The average molecular weight is 299 g/mol. The lowest BCUT2D eigenvalue weighted by Gasteiger charge is -2.38. The summed E-state index contributed by atoms with van der Waals surface area (Å²) in [6.45, 7) is 0.573. The highest BCUT2D eigenvalue weighted by Gasteiger charge is 2.35. The standard InChI is InChI=1S/C12H11ClN2O5/c13-8-1-2-10(15(19)20)9(4-8)12(18)14-5-7(6-14)3-11(16)17/h1-2,4,7H,3,5-6H2,(H,16,17). The molecule has 0 spiro atoms. The molecule has 0 aromatic heterocycles. The maximum absolute atomic E-state index is 12.2. The molecule has 106 valence electrons. The second-order valence-corrected chi connectivity index (χ2v) is 5.03. The average Bonchev–Trinajstić information content (AvgIpc) is 2.31. The summed E-state index contributed by atoms with van der Waals surface area (Å²) in [6.07, 6.45) is -0.0125. The predicted octanol–water partition coefficient (Wildman–Crippen LogP) is 1.79. The summed E-state index contributed by atoms with van der Waals surface area (Å²) in [5, 5.41) is 19.8. The molecule has 7 nitrogen and oxygen atoms in total. The number of carbonyl (C=O) groups excluding carboxylic acids is 1. The van der Waals surface area contributed by atoms with Gasteiger partial charge in [-0.25, -0.2) is 0 Å². The third-order valence-electron chi connectivity index (χ3n) is 3.09. The minimum atomic E-state index is -0.921. The quantitative estimate of drug-likeness (QED) is 0.674. The van der Waals surface area contributed by atoms with Gasteiger partial charge in [-0.1, -0.05) is 11.6 Å². The van der Waals surface area contributed by atoms with E-state index < -0.39 is 16.8 Å². The van der Waals surface area contributed by atoms with Crippen LogP contribution >= 0.6 is 11.6 Å². The topological polar surface area (TPSA) is 101 Å². The number of halogens is 1. The number of carboxylic acids is 1. The molecule has 1 aliphatic rings. The monoisotopic (exact) mass is 298 g/mol. The van der Waals surface area contributed by atoms with Crippen LogP contribution in [-0.4, -0.2) is 39.9 Å². The number of carboxylic acid groups (broad SMARTS) is 1. The molecule has 1 amide bonds. The lowest BCUT2D eigenvalue weighted by atomic mass is 9.95. The van der Waals surface area contributed by atoms with Crippen molar-refractivity contribution in [2.75, 3.05) is 13.1 Å². The van der Waals surface area contributed by atoms with Crippen molar-refractivity contribution in [2.24, 2.45) is 5.92 Å². The van der Waals surface area contributed by atoms with Crippen molar-refractivity contribution in [2.45, 2.75) is 6.42 Å². The van der Waals surface area contributed by atoms with Crippen LogP contribution < -0.4 is 0 Å². The van der Waals surface area contributed by atoms with Gasteiger partial charge in [-0.2, -0.15) is 0 Å². The van der Waals surface area contributed by atoms with Crippen molar-refractivity contribution in [1.82, 2.24) is 4.90 Å². The Morgan fingerprint density at radius 3 is 2.65 bits per heavy atom. The number of likely N-dealkylation sites (tertiary alicyclic amines) is 1. The molecular weight excluding hydrogens is 288 g/mol. The highest BCUT2D eigenvalue weighted by atomic mass is 35.5. The maximum Gasteiger partial charge on any atom is 0.303 e. The van der Waals surface area contributed by atoms with Crippen LogP contribution in [0.2, 0.25) is 5.02 Å². The number of nitro groups is 1. The first kappa shape index (κ1) is 14.3. The van der Waals surface area contributed by atoms with Crippen molar-refractivity contribution in [3.05, 3.63) is 38.9 Å². The molecule has 0 saturated carbocycles. The molecule has 2 rings (SSSR count). The second-order valence-electron chi connectivity index (χ2n) is 4.59. The van der Waals surface area contributed by atoms with E-state index in [-0.39, 0.29) is 41.7 Å². The van der Waals surface area contributed by atoms with E-state index >= 15 is 0 Å². The van der Waals surface area contributed by atoms with Crippen molar-refractivity contribution in [1.29, 1.82) is 0 Å². The third kappa shape index (κ3) is 2.88. The van der Waals surface area contributed by atoms with E-state index in [2.05, 4.69) is 0 Å². The Morgan fingerprint density at radius 1 is 1.45 bits per heavy atom. The lowest BCUT2D eigenvalue weighted by molar-refractivity contribution is -0.385. The predicted molar refractivity (Wildman–Crippen MR) is 69.8 cm³/mol. The molecule has 1 aromatic carbocycles. The molecule has 1 fully saturated rings. The van der Waals surface area contributed by atoms with Gasteiger partial charge in [-0.15, -0.1) is 0 Å². The van der Waals surface area contributed by atoms with E-state index in [4.69, 9.17) is 16.7 Å². The van der Waals surface area contributed by atoms with Crippen LogP contribution in [0.5, 0.6) is 0 Å². The fourth-order valence-electron chi connectivity index (χ4n) is 2.12. The Morgan fingerprint density at radius 2 is 2.10 bits per heavy atom. The molecule has 0 atom stereocenters. The van der Waals surface area contributed by atoms with E-state index in [0.29, 0.717) is 0 Å². The Balaban J connectivity index is 2.13. The summed E-state index contributed by atoms with van der Waals surface area (Å²) < 4.78 is 0. The van der Waals surface area contributed by atoms with Gasteiger partial charge >= 0.3 is 5.97 Å². The number of benzene rings is 1. The van der Waals surface area contributed by atoms with Crippen LogP contribution in [-0.2, 0) is 4.79 Å². The summed E-state index contributed by atoms with van der Waals surface area (Å²) in [6, 6.07) is 3.79. The zero-order valence-corrected chi connectivity index (χ0v) is 11.0. The van der Waals surface area contributed by atoms with Crippen molar-refractivity contribution >= 4 is 29.2 Å². The summed E-state index contributed by atoms with van der Waals surface area (Å²) in [5.41, 5.74) is -0.377. The summed E-state index contributed by atoms with van der Waals surface area (Å²) in [4.78, 5) is 34.3. The number of hydrogen-bond donors (Lipinski definition) is 1. The van der Waals surface area contributed by atoms with Crippen LogP contribution in [0.4, 0.5) is 5.69 Å². The SMILES string of the molecule is O=C(O)CC1CN(C(=O)c2cc(Cl)ccc2[N+](=O)[O-])C1. The smallest absolute Gasteiger partial charge is 0.303 e. The van der Waals surface area contributed by atoms with Crippen LogP contribution in [0.25, 0.3) is 0 Å². The second kappa shape index (κ2) is 5.46. The Hall–Kier alpha value is -2.15. The van der Waals surface area contributed by atoms with Gasteiger partial charge in [0.15, 0.2) is 0 Å². The van der Waals surface area contributed by atoms with Crippen molar-refractivity contribution in [3.8, 4) is 0 Å². The summed E-state index contributed by atoms with van der Waals surface area (Å²) in [7, 11) is 0. The molecule has 1 aromatic rings. The van der Waals surface area contributed by atoms with Gasteiger partial charge in [-0.3, -0.25) is 19.7 Å². The maximum atomic E-state index is 12.2. The molecule has 0 bridgehead atoms. The largest absolute Gasteiger partial charge is 0.481 e. The van der Waals surface area contributed by atoms with Gasteiger partial charge in [0.25, 0.3) is 11.6 Å². The summed E-state index contributed by atoms with van der Waals surface area (Å²) in [5.74, 6) is -1.52. The molecule has 1 aliphatic heterocycles. The minimum Gasteiger partial charge on any atom is -0.481 e. The molecule has 1 N–H and O–H groups in total. The van der Waals surface area contributed by atoms with E-state index in [9.17, 15) is 19.7 Å². The van der Waals surface area contributed by atoms with E-state index in [1.54, 1.807) is 0 Å². The molecule has 0 unspecified atom stereocenters. The zero-order valence-electron chi connectivity index (χ0n) is 10.3. The van der Waals surface area contributed by atoms with E-state index in [1.807, 2.05) is 0 Å². The molecule has 0 radical (unpaired) electrons. The first-order chi connectivity index (χ1) is 9.38. The number of carbonyl (C=O) groups is 2. The van der Waals surface area contributed by atoms with Gasteiger partial charge in [0.1, 0.15) is 5.56 Å². The van der Waals surface area contributed by atoms with Crippen LogP contribution in [0, 0.1) is 16.0 Å². The number of nitro benzene ring substituents is 1. The van der Waals surface area contributed by atoms with E-state index in [0.717, 1.165) is 0 Å². The van der Waals surface area contributed by atoms with Crippen LogP contribution in [0.3, 0.4) is 0 Å². The molecule has 1 saturated heterocycles. The highest BCUT2D eigenvalue weighted by molar-refractivity contribution is 6.31. The van der Waals surface area contributed by atoms with Crippen LogP contribution in [0.15, 0.2) is 18.2 Å². The Bertz CT molecular complexity index is 583. The number of rotatable bonds is 4. The Kier molecular flexibility index (Phi) is 3.89. The van der Waals surface area contributed by atoms with Gasteiger partial charge in [0.05, 0.1) is 11.3 Å².